The summed E-state index contributed by atoms with van der Waals surface area (Å²) in [6, 6.07) is 13.2. The second kappa shape index (κ2) is 7.19. The highest BCUT2D eigenvalue weighted by Crippen LogP contribution is 2.30. The van der Waals surface area contributed by atoms with Crippen LogP contribution in [0.5, 0.6) is 5.75 Å². The van der Waals surface area contributed by atoms with Crippen molar-refractivity contribution in [1.82, 2.24) is 4.57 Å². The first-order chi connectivity index (χ1) is 12.5. The molecule has 3 aromatic rings. The highest BCUT2D eigenvalue weighted by Gasteiger charge is 2.21. The molecule has 136 valence electrons. The zero-order valence-electron chi connectivity index (χ0n) is 14.3. The third-order valence-corrected chi connectivity index (χ3v) is 5.34. The number of hydrogen-bond acceptors (Lipinski definition) is 5. The summed E-state index contributed by atoms with van der Waals surface area (Å²) >= 11 is 0. The number of fused-ring (bicyclic) bond motifs is 1. The number of ether oxygens (including phenoxy) is 2. The molecule has 0 saturated carbocycles. The van der Waals surface area contributed by atoms with Crippen LogP contribution in [0.1, 0.15) is 10.5 Å². The Morgan fingerprint density at radius 2 is 1.88 bits per heavy atom. The van der Waals surface area contributed by atoms with Crippen molar-refractivity contribution in [2.45, 2.75) is 11.6 Å². The second-order valence-corrected chi connectivity index (χ2v) is 7.18. The Bertz CT molecular complexity index is 1060. The third kappa shape index (κ3) is 3.16. The first-order valence-electron chi connectivity index (χ1n) is 7.74. The fourth-order valence-electron chi connectivity index (χ4n) is 2.83. The average molecular weight is 374 g/mol. The lowest BCUT2D eigenvalue weighted by atomic mass is 10.2. The number of sulfonamides is 1. The van der Waals surface area contributed by atoms with Gasteiger partial charge in [0.15, 0.2) is 6.29 Å². The van der Waals surface area contributed by atoms with Gasteiger partial charge in [0.25, 0.3) is 10.0 Å². The molecular weight excluding hydrogens is 356 g/mol. The van der Waals surface area contributed by atoms with E-state index < -0.39 is 10.0 Å². The van der Waals surface area contributed by atoms with Crippen molar-refractivity contribution in [1.29, 1.82) is 0 Å². The van der Waals surface area contributed by atoms with Gasteiger partial charge in [-0.15, -0.1) is 0 Å². The second-order valence-electron chi connectivity index (χ2n) is 5.53. The van der Waals surface area contributed by atoms with Crippen LogP contribution in [-0.4, -0.2) is 33.5 Å². The molecule has 0 amide bonds. The van der Waals surface area contributed by atoms with Crippen LogP contribution < -0.4 is 9.46 Å². The molecule has 26 heavy (non-hydrogen) atoms. The molecular formula is C18H18N2O5S. The molecule has 2 aromatic carbocycles. The van der Waals surface area contributed by atoms with E-state index in [9.17, 15) is 13.2 Å². The first kappa shape index (κ1) is 18.0. The Morgan fingerprint density at radius 3 is 2.58 bits per heavy atom. The summed E-state index contributed by atoms with van der Waals surface area (Å²) in [5.74, 6) is 0.244. The molecule has 1 heterocycles. The molecule has 0 aliphatic heterocycles. The number of carbonyl (C=O) groups excluding carboxylic acids is 1. The largest absolute Gasteiger partial charge is 0.495 e. The number of rotatable bonds is 7. The number of para-hydroxylation sites is 2. The van der Waals surface area contributed by atoms with Crippen molar-refractivity contribution in [2.24, 2.45) is 0 Å². The molecule has 0 atom stereocenters. The number of methoxy groups -OCH3 is 2. The van der Waals surface area contributed by atoms with Crippen molar-refractivity contribution in [3.05, 3.63) is 54.2 Å². The number of benzene rings is 2. The predicted octanol–water partition coefficient (Wildman–Crippen LogP) is 2.87. The van der Waals surface area contributed by atoms with Gasteiger partial charge >= 0.3 is 0 Å². The maximum atomic E-state index is 12.9. The molecule has 0 spiro atoms. The molecule has 0 aliphatic rings. The molecule has 1 aromatic heterocycles. The summed E-state index contributed by atoms with van der Waals surface area (Å²) in [6.45, 7) is 0.116. The maximum absolute atomic E-state index is 12.9. The summed E-state index contributed by atoms with van der Waals surface area (Å²) in [5.41, 5.74) is 1.30. The van der Waals surface area contributed by atoms with Crippen LogP contribution in [0.3, 0.4) is 0 Å². The summed E-state index contributed by atoms with van der Waals surface area (Å²) in [4.78, 5) is 11.4. The lowest BCUT2D eigenvalue weighted by Gasteiger charge is -2.14. The van der Waals surface area contributed by atoms with Gasteiger partial charge in [0.05, 0.1) is 24.0 Å². The number of nitrogens with one attached hydrogen (secondary N) is 1. The van der Waals surface area contributed by atoms with Crippen LogP contribution in [0.15, 0.2) is 53.4 Å². The minimum atomic E-state index is -3.89. The minimum Gasteiger partial charge on any atom is -0.495 e. The van der Waals surface area contributed by atoms with Gasteiger partial charge in [-0.2, -0.15) is 0 Å². The Hall–Kier alpha value is -2.84. The molecule has 0 saturated heterocycles. The fourth-order valence-corrected chi connectivity index (χ4v) is 4.07. The monoisotopic (exact) mass is 374 g/mol. The zero-order chi connectivity index (χ0) is 18.7. The maximum Gasteiger partial charge on any atom is 0.265 e. The van der Waals surface area contributed by atoms with E-state index >= 15 is 0 Å². The van der Waals surface area contributed by atoms with Crippen molar-refractivity contribution in [3.63, 3.8) is 0 Å². The van der Waals surface area contributed by atoms with Crippen molar-refractivity contribution in [3.8, 4) is 5.75 Å². The van der Waals surface area contributed by atoms with Gasteiger partial charge in [0, 0.05) is 12.5 Å². The molecule has 1 N–H and O–H groups in total. The van der Waals surface area contributed by atoms with Crippen LogP contribution >= 0.6 is 0 Å². The van der Waals surface area contributed by atoms with Gasteiger partial charge in [0.2, 0.25) is 0 Å². The van der Waals surface area contributed by atoms with E-state index in [4.69, 9.17) is 9.47 Å². The van der Waals surface area contributed by atoms with Crippen molar-refractivity contribution >= 4 is 32.9 Å². The number of anilines is 1. The van der Waals surface area contributed by atoms with E-state index in [1.54, 1.807) is 47.0 Å². The van der Waals surface area contributed by atoms with Gasteiger partial charge in [-0.25, -0.2) is 8.42 Å². The van der Waals surface area contributed by atoms with Gasteiger partial charge in [-0.05, 0) is 24.3 Å². The number of hydrogen-bond donors (Lipinski definition) is 1. The topological polar surface area (TPSA) is 86.6 Å². The molecule has 7 nitrogen and oxygen atoms in total. The standard InChI is InChI=1S/C18H18N2O5S/c1-24-12-20-14(11-21)10-13-6-5-7-15(18(13)20)19-26(22,23)17-9-4-3-8-16(17)25-2/h3-11,19H,12H2,1-2H3. The Morgan fingerprint density at radius 1 is 1.12 bits per heavy atom. The molecule has 0 bridgehead atoms. The van der Waals surface area contributed by atoms with Crippen LogP contribution in [0.25, 0.3) is 10.9 Å². The number of aldehydes is 1. The summed E-state index contributed by atoms with van der Waals surface area (Å²) in [7, 11) is -0.980. The van der Waals surface area contributed by atoms with Gasteiger partial charge < -0.3 is 14.0 Å². The number of aromatic nitrogens is 1. The van der Waals surface area contributed by atoms with E-state index in [1.807, 2.05) is 0 Å². The molecule has 0 radical (unpaired) electrons. The van der Waals surface area contributed by atoms with Crippen molar-refractivity contribution < 1.29 is 22.7 Å². The summed E-state index contributed by atoms with van der Waals surface area (Å²) in [6.07, 6.45) is 0.706. The fraction of sp³-hybridized carbons (Fsp3) is 0.167. The average Bonchev–Trinajstić information content (AvgIpc) is 3.00. The smallest absolute Gasteiger partial charge is 0.265 e. The molecule has 3 rings (SSSR count). The highest BCUT2D eigenvalue weighted by molar-refractivity contribution is 7.92. The van der Waals surface area contributed by atoms with Gasteiger partial charge in [0.1, 0.15) is 17.4 Å². The first-order valence-corrected chi connectivity index (χ1v) is 9.22. The van der Waals surface area contributed by atoms with Crippen molar-refractivity contribution in [2.75, 3.05) is 18.9 Å². The number of carbonyl (C=O) groups is 1. The Labute approximate surface area is 151 Å². The van der Waals surface area contributed by atoms with Crippen LogP contribution in [0.2, 0.25) is 0 Å². The quantitative estimate of drug-likeness (QED) is 0.643. The zero-order valence-corrected chi connectivity index (χ0v) is 15.1. The number of nitrogens with zero attached hydrogens (tertiary/aromatic N) is 1. The lowest BCUT2D eigenvalue weighted by Crippen LogP contribution is -2.15. The minimum absolute atomic E-state index is 0.0277. The Kier molecular flexibility index (Phi) is 4.97. The van der Waals surface area contributed by atoms with E-state index in [-0.39, 0.29) is 17.4 Å². The van der Waals surface area contributed by atoms with E-state index in [0.717, 1.165) is 5.39 Å². The SMILES string of the molecule is COCn1c(C=O)cc2cccc(NS(=O)(=O)c3ccccc3OC)c21. The molecule has 0 aliphatic carbocycles. The van der Waals surface area contributed by atoms with Crippen LogP contribution in [0, 0.1) is 0 Å². The molecule has 0 unspecified atom stereocenters. The van der Waals surface area contributed by atoms with E-state index in [1.165, 1.54) is 20.3 Å². The van der Waals surface area contributed by atoms with E-state index in [0.29, 0.717) is 23.2 Å². The third-order valence-electron chi connectivity index (χ3n) is 3.93. The predicted molar refractivity (Wildman–Crippen MR) is 98.1 cm³/mol. The van der Waals surface area contributed by atoms with Gasteiger partial charge in [-0.1, -0.05) is 24.3 Å². The Balaban J connectivity index is 2.14. The van der Waals surface area contributed by atoms with E-state index in [2.05, 4.69) is 4.72 Å². The molecule has 8 heteroatoms. The van der Waals surface area contributed by atoms with Crippen LogP contribution in [-0.2, 0) is 21.5 Å². The van der Waals surface area contributed by atoms with Crippen LogP contribution in [0.4, 0.5) is 5.69 Å². The summed E-state index contributed by atoms with van der Waals surface area (Å²) < 4.78 is 40.2. The van der Waals surface area contributed by atoms with Gasteiger partial charge in [-0.3, -0.25) is 9.52 Å². The summed E-state index contributed by atoms with van der Waals surface area (Å²) in [5, 5.41) is 0.726. The molecule has 0 fully saturated rings. The normalized spacial score (nSPS) is 11.5. The lowest BCUT2D eigenvalue weighted by molar-refractivity contribution is 0.107. The highest BCUT2D eigenvalue weighted by atomic mass is 32.2.